The number of carbonyl (C=O) groups is 3. The van der Waals surface area contributed by atoms with Crippen molar-refractivity contribution in [2.24, 2.45) is 5.10 Å². The summed E-state index contributed by atoms with van der Waals surface area (Å²) in [6.45, 7) is 3.21. The zero-order valence-corrected chi connectivity index (χ0v) is 23.3. The molecule has 0 aliphatic rings. The number of benzene rings is 3. The zero-order valence-electron chi connectivity index (χ0n) is 20.9. The smallest absolute Gasteiger partial charge is 0.418 e. The number of carbonyl (C=O) groups excluding carboxylic acids is 3. The van der Waals surface area contributed by atoms with E-state index in [0.29, 0.717) is 18.0 Å². The Hall–Kier alpha value is -4.36. The number of nitrogens with zero attached hydrogens (tertiary/aromatic N) is 1. The molecule has 0 bridgehead atoms. The standard InChI is InChI=1S/C27H21BrClF3N4O5/c1-2-11-40-20-7-5-19(6-8-20)34-25(38)26(39)36-33-14-16-12-18(29)4-10-23(16)41-15-24(37)35-22-9-3-17(28)13-21(22)27(30,31)32/h2-10,12-14H,1,11,15H2,(H,34,38)(H,35,37)(H,36,39)/b33-14-. The van der Waals surface area contributed by atoms with Crippen LogP contribution in [0.3, 0.4) is 0 Å². The van der Waals surface area contributed by atoms with Crippen LogP contribution in [0.5, 0.6) is 11.5 Å². The molecule has 214 valence electrons. The average molecular weight is 654 g/mol. The fourth-order valence-corrected chi connectivity index (χ4v) is 3.67. The number of halogens is 5. The van der Waals surface area contributed by atoms with Gasteiger partial charge in [0.25, 0.3) is 5.91 Å². The number of rotatable bonds is 10. The third-order valence-electron chi connectivity index (χ3n) is 4.95. The molecular weight excluding hydrogens is 633 g/mol. The molecular formula is C27H21BrClF3N4O5. The molecule has 3 amide bonds. The van der Waals surface area contributed by atoms with E-state index in [0.717, 1.165) is 18.3 Å². The molecule has 0 aromatic heterocycles. The predicted octanol–water partition coefficient (Wildman–Crippen LogP) is 5.79. The first-order valence-corrected chi connectivity index (χ1v) is 12.7. The molecule has 0 atom stereocenters. The maximum atomic E-state index is 13.3. The molecule has 0 spiro atoms. The number of hydrazone groups is 1. The molecule has 3 aromatic rings. The van der Waals surface area contributed by atoms with Gasteiger partial charge in [-0.25, -0.2) is 5.43 Å². The first-order valence-electron chi connectivity index (χ1n) is 11.5. The number of amides is 3. The Morgan fingerprint density at radius 1 is 0.976 bits per heavy atom. The minimum atomic E-state index is -4.70. The quantitative estimate of drug-likeness (QED) is 0.111. The Bertz CT molecular complexity index is 1470. The van der Waals surface area contributed by atoms with Crippen molar-refractivity contribution in [3.8, 4) is 11.5 Å². The number of nitrogens with one attached hydrogen (secondary N) is 3. The minimum absolute atomic E-state index is 0.0811. The number of ether oxygens (including phenoxy) is 2. The first kappa shape index (κ1) is 31.2. The van der Waals surface area contributed by atoms with Crippen molar-refractivity contribution in [3.63, 3.8) is 0 Å². The van der Waals surface area contributed by atoms with E-state index in [4.69, 9.17) is 21.1 Å². The summed E-state index contributed by atoms with van der Waals surface area (Å²) in [4.78, 5) is 36.6. The Balaban J connectivity index is 1.58. The summed E-state index contributed by atoms with van der Waals surface area (Å²) in [7, 11) is 0. The highest BCUT2D eigenvalue weighted by Gasteiger charge is 2.34. The topological polar surface area (TPSA) is 118 Å². The largest absolute Gasteiger partial charge is 0.490 e. The van der Waals surface area contributed by atoms with Gasteiger partial charge < -0.3 is 20.1 Å². The Morgan fingerprint density at radius 3 is 2.39 bits per heavy atom. The van der Waals surface area contributed by atoms with Crippen LogP contribution in [0.15, 0.2) is 82.9 Å². The molecule has 0 aliphatic carbocycles. The van der Waals surface area contributed by atoms with Crippen LogP contribution in [0.2, 0.25) is 5.02 Å². The summed E-state index contributed by atoms with van der Waals surface area (Å²) in [5.74, 6) is -2.30. The van der Waals surface area contributed by atoms with Gasteiger partial charge in [-0.05, 0) is 60.7 Å². The van der Waals surface area contributed by atoms with Gasteiger partial charge in [0.2, 0.25) is 0 Å². The van der Waals surface area contributed by atoms with Gasteiger partial charge in [0.1, 0.15) is 18.1 Å². The Morgan fingerprint density at radius 2 is 1.71 bits per heavy atom. The highest BCUT2D eigenvalue weighted by molar-refractivity contribution is 9.10. The van der Waals surface area contributed by atoms with Crippen molar-refractivity contribution in [1.82, 2.24) is 5.43 Å². The van der Waals surface area contributed by atoms with E-state index in [9.17, 15) is 27.6 Å². The van der Waals surface area contributed by atoms with Crippen LogP contribution in [0.4, 0.5) is 24.5 Å². The lowest BCUT2D eigenvalue weighted by molar-refractivity contribution is -0.137. The summed E-state index contributed by atoms with van der Waals surface area (Å²) in [5.41, 5.74) is 1.13. The monoisotopic (exact) mass is 652 g/mol. The molecule has 3 rings (SSSR count). The van der Waals surface area contributed by atoms with Crippen LogP contribution in [-0.4, -0.2) is 37.1 Å². The van der Waals surface area contributed by atoms with Crippen LogP contribution in [0, 0.1) is 0 Å². The van der Waals surface area contributed by atoms with Gasteiger partial charge in [-0.3, -0.25) is 14.4 Å². The summed E-state index contributed by atoms with van der Waals surface area (Å²) in [5, 5.41) is 8.54. The molecule has 0 radical (unpaired) electrons. The molecule has 0 saturated heterocycles. The van der Waals surface area contributed by atoms with Crippen LogP contribution in [-0.2, 0) is 20.6 Å². The predicted molar refractivity (Wildman–Crippen MR) is 151 cm³/mol. The SMILES string of the molecule is C=CCOc1ccc(NC(=O)C(=O)N/N=C\c2cc(Cl)ccc2OCC(=O)Nc2ccc(Br)cc2C(F)(F)F)cc1. The molecule has 41 heavy (non-hydrogen) atoms. The average Bonchev–Trinajstić information content (AvgIpc) is 2.92. The van der Waals surface area contributed by atoms with E-state index in [1.165, 1.54) is 24.3 Å². The lowest BCUT2D eigenvalue weighted by Gasteiger charge is -2.15. The van der Waals surface area contributed by atoms with E-state index >= 15 is 0 Å². The fourth-order valence-electron chi connectivity index (χ4n) is 3.13. The third-order valence-corrected chi connectivity index (χ3v) is 5.68. The summed E-state index contributed by atoms with van der Waals surface area (Å²) < 4.78 is 50.9. The van der Waals surface area contributed by atoms with Crippen molar-refractivity contribution in [1.29, 1.82) is 0 Å². The second-order valence-electron chi connectivity index (χ2n) is 7.98. The van der Waals surface area contributed by atoms with Gasteiger partial charge in [0, 0.05) is 20.7 Å². The first-order chi connectivity index (χ1) is 19.5. The third kappa shape index (κ3) is 9.65. The maximum Gasteiger partial charge on any atom is 0.418 e. The van der Waals surface area contributed by atoms with Crippen LogP contribution < -0.4 is 25.5 Å². The van der Waals surface area contributed by atoms with Gasteiger partial charge in [0.15, 0.2) is 6.61 Å². The van der Waals surface area contributed by atoms with Crippen LogP contribution in [0.25, 0.3) is 0 Å². The van der Waals surface area contributed by atoms with E-state index in [-0.39, 0.29) is 20.8 Å². The summed E-state index contributed by atoms with van der Waals surface area (Å²) >= 11 is 8.98. The second kappa shape index (κ2) is 14.3. The van der Waals surface area contributed by atoms with E-state index in [1.54, 1.807) is 30.3 Å². The van der Waals surface area contributed by atoms with Crippen molar-refractivity contribution in [2.75, 3.05) is 23.8 Å². The van der Waals surface area contributed by atoms with Crippen molar-refractivity contribution in [2.45, 2.75) is 6.18 Å². The number of hydrogen-bond donors (Lipinski definition) is 3. The maximum absolute atomic E-state index is 13.3. The van der Waals surface area contributed by atoms with Gasteiger partial charge >= 0.3 is 18.0 Å². The lowest BCUT2D eigenvalue weighted by atomic mass is 10.1. The molecule has 0 saturated carbocycles. The molecule has 0 aliphatic heterocycles. The Labute approximate surface area is 245 Å². The number of alkyl halides is 3. The molecule has 9 nitrogen and oxygen atoms in total. The minimum Gasteiger partial charge on any atom is -0.490 e. The highest BCUT2D eigenvalue weighted by atomic mass is 79.9. The highest BCUT2D eigenvalue weighted by Crippen LogP contribution is 2.36. The van der Waals surface area contributed by atoms with Crippen molar-refractivity contribution >= 4 is 62.8 Å². The van der Waals surface area contributed by atoms with Crippen LogP contribution >= 0.6 is 27.5 Å². The molecule has 0 unspecified atom stereocenters. The molecule has 3 N–H and O–H groups in total. The van der Waals surface area contributed by atoms with Gasteiger partial charge in [-0.1, -0.05) is 40.2 Å². The van der Waals surface area contributed by atoms with Gasteiger partial charge in [-0.2, -0.15) is 18.3 Å². The molecule has 3 aromatic carbocycles. The van der Waals surface area contributed by atoms with Crippen molar-refractivity contribution in [3.05, 3.63) is 93.9 Å². The zero-order chi connectivity index (χ0) is 30.0. The van der Waals surface area contributed by atoms with E-state index < -0.39 is 41.8 Å². The molecule has 0 heterocycles. The number of hydrogen-bond acceptors (Lipinski definition) is 6. The fraction of sp³-hybridized carbons (Fsp3) is 0.111. The Kier molecular flexibility index (Phi) is 10.9. The van der Waals surface area contributed by atoms with Crippen molar-refractivity contribution < 1.29 is 37.0 Å². The van der Waals surface area contributed by atoms with Crippen LogP contribution in [0.1, 0.15) is 11.1 Å². The van der Waals surface area contributed by atoms with E-state index in [1.807, 2.05) is 0 Å². The van der Waals surface area contributed by atoms with Gasteiger partial charge in [-0.15, -0.1) is 0 Å². The summed E-state index contributed by atoms with van der Waals surface area (Å²) in [6, 6.07) is 13.8. The molecule has 14 heteroatoms. The lowest BCUT2D eigenvalue weighted by Crippen LogP contribution is -2.32. The number of anilines is 2. The second-order valence-corrected chi connectivity index (χ2v) is 9.34. The molecule has 0 fully saturated rings. The normalized spacial score (nSPS) is 11.0. The van der Waals surface area contributed by atoms with Gasteiger partial charge in [0.05, 0.1) is 17.5 Å². The van der Waals surface area contributed by atoms with E-state index in [2.05, 4.69) is 43.7 Å². The summed E-state index contributed by atoms with van der Waals surface area (Å²) in [6.07, 6.45) is -2.00.